The minimum Gasteiger partial charge on any atom is -0.469 e. The molecule has 0 bridgehead atoms. The lowest BCUT2D eigenvalue weighted by molar-refractivity contribution is -0.140. The molecule has 0 N–H and O–H groups in total. The van der Waals surface area contributed by atoms with Gasteiger partial charge in [0.2, 0.25) is 0 Å². The van der Waals surface area contributed by atoms with Gasteiger partial charge in [0.1, 0.15) is 11.5 Å². The Hall–Kier alpha value is -1.91. The van der Waals surface area contributed by atoms with Gasteiger partial charge in [0.05, 0.1) is 12.2 Å². The average molecular weight is 277 g/mol. The van der Waals surface area contributed by atoms with E-state index in [0.717, 1.165) is 6.42 Å². The number of cyclic esters (lactones) is 1. The van der Waals surface area contributed by atoms with Gasteiger partial charge in [-0.1, -0.05) is 13.3 Å². The van der Waals surface area contributed by atoms with E-state index < -0.39 is 11.5 Å². The van der Waals surface area contributed by atoms with Crippen LogP contribution in [-0.2, 0) is 14.3 Å². The molecule has 108 valence electrons. The highest BCUT2D eigenvalue weighted by Gasteiger charge is 2.52. The summed E-state index contributed by atoms with van der Waals surface area (Å²) in [6.07, 6.45) is 3.04. The highest BCUT2D eigenvalue weighted by Crippen LogP contribution is 2.42. The van der Waals surface area contributed by atoms with Crippen LogP contribution in [0.1, 0.15) is 51.7 Å². The third kappa shape index (κ3) is 2.53. The molecule has 0 saturated carbocycles. The van der Waals surface area contributed by atoms with Crippen molar-refractivity contribution in [2.45, 2.75) is 51.5 Å². The topological polar surface area (TPSA) is 68.9 Å². The number of ether oxygens (including phenoxy) is 1. The molecule has 5 nitrogen and oxygen atoms in total. The molecule has 2 heterocycles. The molecule has 0 radical (unpaired) electrons. The van der Waals surface area contributed by atoms with Gasteiger partial charge < -0.3 is 13.9 Å². The van der Waals surface area contributed by atoms with Gasteiger partial charge in [0, 0.05) is 13.3 Å². The number of esters is 1. The quantitative estimate of drug-likeness (QED) is 0.750. The Bertz CT molecular complexity index is 532. The number of carbonyl (C=O) groups is 2. The van der Waals surface area contributed by atoms with Gasteiger partial charge in [-0.25, -0.2) is 9.79 Å². The van der Waals surface area contributed by atoms with E-state index in [2.05, 4.69) is 4.99 Å². The summed E-state index contributed by atoms with van der Waals surface area (Å²) in [4.78, 5) is 28.4. The zero-order valence-electron chi connectivity index (χ0n) is 12.0. The maximum Gasteiger partial charge on any atom is 0.341 e. The molecule has 2 atom stereocenters. The molecular formula is C15H19NO4. The van der Waals surface area contributed by atoms with Crippen molar-refractivity contribution in [2.24, 2.45) is 4.99 Å². The van der Waals surface area contributed by atoms with Crippen molar-refractivity contribution in [2.75, 3.05) is 0 Å². The van der Waals surface area contributed by atoms with Crippen LogP contribution in [-0.4, -0.2) is 23.2 Å². The van der Waals surface area contributed by atoms with Crippen molar-refractivity contribution < 1.29 is 18.7 Å². The molecular weight excluding hydrogens is 258 g/mol. The largest absolute Gasteiger partial charge is 0.469 e. The molecule has 0 unspecified atom stereocenters. The first-order valence-electron chi connectivity index (χ1n) is 6.81. The van der Waals surface area contributed by atoms with Gasteiger partial charge in [0.25, 0.3) is 0 Å². The van der Waals surface area contributed by atoms with Gasteiger partial charge in [-0.3, -0.25) is 0 Å². The summed E-state index contributed by atoms with van der Waals surface area (Å²) in [5.41, 5.74) is -1.04. The second kappa shape index (κ2) is 5.61. The van der Waals surface area contributed by atoms with Gasteiger partial charge >= 0.3 is 5.97 Å². The molecule has 2 rings (SSSR count). The number of nitrogens with zero attached hydrogens (tertiary/aromatic N) is 1. The number of ketones is 1. The van der Waals surface area contributed by atoms with Crippen LogP contribution in [0, 0.1) is 0 Å². The van der Waals surface area contributed by atoms with Crippen LogP contribution >= 0.6 is 0 Å². The molecule has 1 aliphatic rings. The first kappa shape index (κ1) is 14.5. The number of Topliss-reactive ketones (excluding diaryl/α,β-unsaturated/α-hetero) is 1. The molecule has 0 fully saturated rings. The second-order valence-corrected chi connectivity index (χ2v) is 5.17. The Morgan fingerprint density at radius 2 is 2.25 bits per heavy atom. The van der Waals surface area contributed by atoms with Crippen molar-refractivity contribution in [3.05, 3.63) is 24.2 Å². The Morgan fingerprint density at radius 1 is 1.50 bits per heavy atom. The highest BCUT2D eigenvalue weighted by molar-refractivity contribution is 6.00. The summed E-state index contributed by atoms with van der Waals surface area (Å²) in [6.45, 7) is 5.14. The second-order valence-electron chi connectivity index (χ2n) is 5.17. The number of hydrogen-bond donors (Lipinski definition) is 0. The molecule has 1 aliphatic heterocycles. The number of hydrogen-bond acceptors (Lipinski definition) is 5. The summed E-state index contributed by atoms with van der Waals surface area (Å²) in [5, 5.41) is 0. The van der Waals surface area contributed by atoms with Crippen molar-refractivity contribution >= 4 is 17.7 Å². The predicted octanol–water partition coefficient (Wildman–Crippen LogP) is 2.86. The first-order valence-corrected chi connectivity index (χ1v) is 6.81. The molecule has 0 aliphatic carbocycles. The van der Waals surface area contributed by atoms with Crippen molar-refractivity contribution in [1.82, 2.24) is 0 Å². The lowest BCUT2D eigenvalue weighted by Crippen LogP contribution is -2.41. The van der Waals surface area contributed by atoms with Gasteiger partial charge in [-0.15, -0.1) is 0 Å². The van der Waals surface area contributed by atoms with Crippen molar-refractivity contribution in [3.8, 4) is 0 Å². The summed E-state index contributed by atoms with van der Waals surface area (Å²) in [5.74, 6) is 0.140. The minimum atomic E-state index is -1.04. The third-order valence-corrected chi connectivity index (χ3v) is 3.54. The Morgan fingerprint density at radius 3 is 2.70 bits per heavy atom. The van der Waals surface area contributed by atoms with Crippen LogP contribution in [0.4, 0.5) is 0 Å². The van der Waals surface area contributed by atoms with Crippen molar-refractivity contribution in [3.63, 3.8) is 0 Å². The van der Waals surface area contributed by atoms with E-state index in [1.54, 1.807) is 25.3 Å². The summed E-state index contributed by atoms with van der Waals surface area (Å²) >= 11 is 0. The van der Waals surface area contributed by atoms with Crippen LogP contribution in [0.3, 0.4) is 0 Å². The zero-order chi connectivity index (χ0) is 14.8. The lowest BCUT2D eigenvalue weighted by Gasteiger charge is -2.29. The van der Waals surface area contributed by atoms with Gasteiger partial charge in [-0.05, 0) is 25.5 Å². The highest BCUT2D eigenvalue weighted by atomic mass is 16.6. The third-order valence-electron chi connectivity index (χ3n) is 3.54. The summed E-state index contributed by atoms with van der Waals surface area (Å²) < 4.78 is 10.6. The summed E-state index contributed by atoms with van der Waals surface area (Å²) in [7, 11) is 0. The molecule has 1 aromatic rings. The predicted molar refractivity (Wildman–Crippen MR) is 73.6 cm³/mol. The lowest BCUT2D eigenvalue weighted by atomic mass is 9.77. The van der Waals surface area contributed by atoms with Crippen LogP contribution < -0.4 is 0 Å². The normalized spacial score (nSPS) is 23.4. The monoisotopic (exact) mass is 277 g/mol. The van der Waals surface area contributed by atoms with Crippen LogP contribution in [0.5, 0.6) is 0 Å². The fourth-order valence-electron chi connectivity index (χ4n) is 2.79. The number of rotatable bonds is 6. The van der Waals surface area contributed by atoms with Gasteiger partial charge in [0.15, 0.2) is 11.4 Å². The van der Waals surface area contributed by atoms with E-state index in [1.807, 2.05) is 6.92 Å². The van der Waals surface area contributed by atoms with E-state index in [4.69, 9.17) is 9.15 Å². The van der Waals surface area contributed by atoms with Crippen LogP contribution in [0.25, 0.3) is 0 Å². The van der Waals surface area contributed by atoms with E-state index in [1.165, 1.54) is 6.92 Å². The SMILES string of the molecule is CCC[C@]1([C@H](CC(C)=O)c2ccco2)N=C(C)OC1=O. The van der Waals surface area contributed by atoms with Gasteiger partial charge in [-0.2, -0.15) is 0 Å². The average Bonchev–Trinajstić information content (AvgIpc) is 2.96. The van der Waals surface area contributed by atoms with E-state index in [9.17, 15) is 9.59 Å². The smallest absolute Gasteiger partial charge is 0.341 e. The molecule has 5 heteroatoms. The Labute approximate surface area is 118 Å². The molecule has 20 heavy (non-hydrogen) atoms. The molecule has 0 aromatic carbocycles. The standard InChI is InChI=1S/C15H19NO4/c1-4-7-15(14(18)20-11(3)16-15)12(9-10(2)17)13-6-5-8-19-13/h5-6,8,12H,4,7,9H2,1-3H3/t12-,15-/m1/s1. The zero-order valence-corrected chi connectivity index (χ0v) is 12.0. The fourth-order valence-corrected chi connectivity index (χ4v) is 2.79. The minimum absolute atomic E-state index is 0.00516. The number of carbonyl (C=O) groups excluding carboxylic acids is 2. The fraction of sp³-hybridized carbons (Fsp3) is 0.533. The van der Waals surface area contributed by atoms with Crippen molar-refractivity contribution in [1.29, 1.82) is 0 Å². The Kier molecular flexibility index (Phi) is 4.06. The van der Waals surface area contributed by atoms with E-state index in [-0.39, 0.29) is 18.2 Å². The maximum atomic E-state index is 12.3. The molecule has 0 saturated heterocycles. The van der Waals surface area contributed by atoms with E-state index >= 15 is 0 Å². The first-order chi connectivity index (χ1) is 9.49. The maximum absolute atomic E-state index is 12.3. The molecule has 0 spiro atoms. The molecule has 1 aromatic heterocycles. The number of aliphatic imine (C=N–C) groups is 1. The molecule has 0 amide bonds. The van der Waals surface area contributed by atoms with Crippen LogP contribution in [0.2, 0.25) is 0 Å². The summed E-state index contributed by atoms with van der Waals surface area (Å²) in [6, 6.07) is 3.53. The Balaban J connectivity index is 2.48. The van der Waals surface area contributed by atoms with E-state index in [0.29, 0.717) is 18.1 Å². The van der Waals surface area contributed by atoms with Crippen LogP contribution in [0.15, 0.2) is 27.8 Å². The number of furan rings is 1.